The van der Waals surface area contributed by atoms with E-state index in [9.17, 15) is 33.0 Å². The zero-order chi connectivity index (χ0) is 23.7. The van der Waals surface area contributed by atoms with Gasteiger partial charge < -0.3 is 30.2 Å². The summed E-state index contributed by atoms with van der Waals surface area (Å²) in [4.78, 5) is 33.9. The highest BCUT2D eigenvalue weighted by Crippen LogP contribution is 2.26. The summed E-state index contributed by atoms with van der Waals surface area (Å²) in [5.74, 6) is -2.76. The predicted octanol–water partition coefficient (Wildman–Crippen LogP) is 0.617. The summed E-state index contributed by atoms with van der Waals surface area (Å²) in [5.41, 5.74) is 0.0879. The SMILES string of the molecule is O=CC(CC(=O)O)NC(=O)c1ccccc1OCCCNS(=O)(=O)c1ccc(O)c(O)c1. The van der Waals surface area contributed by atoms with Crippen molar-refractivity contribution in [3.63, 3.8) is 0 Å². The van der Waals surface area contributed by atoms with Crippen molar-refractivity contribution in [2.75, 3.05) is 13.2 Å². The minimum Gasteiger partial charge on any atom is -0.504 e. The molecule has 0 radical (unpaired) electrons. The van der Waals surface area contributed by atoms with Crippen LogP contribution in [0.25, 0.3) is 0 Å². The van der Waals surface area contributed by atoms with Crippen molar-refractivity contribution in [1.29, 1.82) is 0 Å². The number of rotatable bonds is 12. The Labute approximate surface area is 183 Å². The van der Waals surface area contributed by atoms with Crippen molar-refractivity contribution in [1.82, 2.24) is 10.0 Å². The number of hydrogen-bond donors (Lipinski definition) is 5. The van der Waals surface area contributed by atoms with Crippen LogP contribution in [0.2, 0.25) is 0 Å². The quantitative estimate of drug-likeness (QED) is 0.170. The maximum Gasteiger partial charge on any atom is 0.305 e. The topological polar surface area (TPSA) is 179 Å². The normalized spacial score (nSPS) is 12.0. The third-order valence-corrected chi connectivity index (χ3v) is 5.59. The zero-order valence-electron chi connectivity index (χ0n) is 16.7. The number of nitrogens with one attached hydrogen (secondary N) is 2. The Kier molecular flexibility index (Phi) is 8.55. The van der Waals surface area contributed by atoms with Crippen LogP contribution in [-0.4, -0.2) is 61.1 Å². The molecule has 2 aromatic rings. The second-order valence-corrected chi connectivity index (χ2v) is 8.33. The van der Waals surface area contributed by atoms with E-state index in [1.165, 1.54) is 12.1 Å². The maximum absolute atomic E-state index is 12.4. The second-order valence-electron chi connectivity index (χ2n) is 6.56. The molecule has 0 saturated heterocycles. The van der Waals surface area contributed by atoms with Crippen molar-refractivity contribution in [2.24, 2.45) is 0 Å². The molecule has 5 N–H and O–H groups in total. The van der Waals surface area contributed by atoms with Gasteiger partial charge in [0, 0.05) is 12.6 Å². The van der Waals surface area contributed by atoms with Crippen molar-refractivity contribution < 1.29 is 42.9 Å². The van der Waals surface area contributed by atoms with E-state index in [-0.39, 0.29) is 35.8 Å². The van der Waals surface area contributed by atoms with Crippen molar-refractivity contribution >= 4 is 28.2 Å². The number of sulfonamides is 1. The number of carboxylic acids is 1. The van der Waals surface area contributed by atoms with Gasteiger partial charge in [-0.3, -0.25) is 9.59 Å². The molecule has 0 aliphatic heterocycles. The smallest absolute Gasteiger partial charge is 0.305 e. The molecule has 0 bridgehead atoms. The van der Waals surface area contributed by atoms with Crippen LogP contribution in [0, 0.1) is 0 Å². The number of benzene rings is 2. The lowest BCUT2D eigenvalue weighted by molar-refractivity contribution is -0.138. The van der Waals surface area contributed by atoms with E-state index in [1.807, 2.05) is 0 Å². The number of aldehydes is 1. The van der Waals surface area contributed by atoms with E-state index >= 15 is 0 Å². The summed E-state index contributed by atoms with van der Waals surface area (Å²) in [6, 6.07) is 8.04. The minimum absolute atomic E-state index is 0.00976. The number of carbonyl (C=O) groups excluding carboxylic acids is 2. The first kappa shape index (κ1) is 24.6. The number of carbonyl (C=O) groups is 3. The van der Waals surface area contributed by atoms with Crippen LogP contribution in [0.4, 0.5) is 0 Å². The van der Waals surface area contributed by atoms with Crippen LogP contribution in [0.3, 0.4) is 0 Å². The fourth-order valence-electron chi connectivity index (χ4n) is 2.56. The molecule has 0 aliphatic carbocycles. The molecule has 11 nitrogen and oxygen atoms in total. The second kappa shape index (κ2) is 11.1. The van der Waals surface area contributed by atoms with Gasteiger partial charge in [0.25, 0.3) is 5.91 Å². The highest BCUT2D eigenvalue weighted by Gasteiger charge is 2.19. The summed E-state index contributed by atoms with van der Waals surface area (Å²) in [6.07, 6.45) is 0.00186. The van der Waals surface area contributed by atoms with Gasteiger partial charge in [0.15, 0.2) is 11.5 Å². The van der Waals surface area contributed by atoms with Crippen molar-refractivity contribution in [3.05, 3.63) is 48.0 Å². The molecular formula is C20H22N2O9S. The highest BCUT2D eigenvalue weighted by molar-refractivity contribution is 7.89. The number of carboxylic acid groups (broad SMARTS) is 1. The van der Waals surface area contributed by atoms with E-state index in [1.54, 1.807) is 12.1 Å². The Bertz CT molecular complexity index is 1090. The molecule has 0 saturated carbocycles. The molecule has 172 valence electrons. The number of amides is 1. The lowest BCUT2D eigenvalue weighted by atomic mass is 10.1. The van der Waals surface area contributed by atoms with Gasteiger partial charge in [-0.2, -0.15) is 0 Å². The van der Waals surface area contributed by atoms with Gasteiger partial charge in [0.2, 0.25) is 10.0 Å². The lowest BCUT2D eigenvalue weighted by Gasteiger charge is -2.14. The molecular weight excluding hydrogens is 444 g/mol. The Morgan fingerprint density at radius 2 is 1.81 bits per heavy atom. The lowest BCUT2D eigenvalue weighted by Crippen LogP contribution is -2.37. The van der Waals surface area contributed by atoms with Crippen molar-refractivity contribution in [2.45, 2.75) is 23.8 Å². The van der Waals surface area contributed by atoms with Gasteiger partial charge in [0.05, 0.1) is 29.5 Å². The number of phenols is 2. The van der Waals surface area contributed by atoms with Crippen LogP contribution >= 0.6 is 0 Å². The minimum atomic E-state index is -3.91. The molecule has 0 heterocycles. The molecule has 1 unspecified atom stereocenters. The molecule has 32 heavy (non-hydrogen) atoms. The van der Waals surface area contributed by atoms with Gasteiger partial charge in [0.1, 0.15) is 12.0 Å². The van der Waals surface area contributed by atoms with E-state index in [0.717, 1.165) is 18.2 Å². The molecule has 1 amide bonds. The average Bonchev–Trinajstić information content (AvgIpc) is 2.74. The number of para-hydroxylation sites is 1. The van der Waals surface area contributed by atoms with E-state index < -0.39 is 45.9 Å². The predicted molar refractivity (Wildman–Crippen MR) is 111 cm³/mol. The summed E-state index contributed by atoms with van der Waals surface area (Å²) in [5, 5.41) is 29.8. The molecule has 0 spiro atoms. The number of aromatic hydroxyl groups is 2. The zero-order valence-corrected chi connectivity index (χ0v) is 17.5. The monoisotopic (exact) mass is 466 g/mol. The first-order valence-electron chi connectivity index (χ1n) is 9.35. The summed E-state index contributed by atoms with van der Waals surface area (Å²) in [6.45, 7) is 0.0318. The first-order valence-corrected chi connectivity index (χ1v) is 10.8. The van der Waals surface area contributed by atoms with Gasteiger partial charge in [-0.1, -0.05) is 12.1 Å². The molecule has 0 fully saturated rings. The largest absolute Gasteiger partial charge is 0.504 e. The average molecular weight is 466 g/mol. The Hall–Kier alpha value is -3.64. The third kappa shape index (κ3) is 6.96. The molecule has 0 aliphatic rings. The van der Waals surface area contributed by atoms with Crippen LogP contribution in [-0.2, 0) is 19.6 Å². The maximum atomic E-state index is 12.4. The van der Waals surface area contributed by atoms with E-state index in [4.69, 9.17) is 9.84 Å². The Morgan fingerprint density at radius 1 is 1.09 bits per heavy atom. The Balaban J connectivity index is 1.91. The van der Waals surface area contributed by atoms with E-state index in [0.29, 0.717) is 6.29 Å². The molecule has 1 atom stereocenters. The van der Waals surface area contributed by atoms with Crippen LogP contribution in [0.1, 0.15) is 23.2 Å². The van der Waals surface area contributed by atoms with Crippen molar-refractivity contribution in [3.8, 4) is 17.2 Å². The van der Waals surface area contributed by atoms with Gasteiger partial charge in [-0.05, 0) is 30.7 Å². The highest BCUT2D eigenvalue weighted by atomic mass is 32.2. The molecule has 2 rings (SSSR count). The molecule has 2 aromatic carbocycles. The molecule has 12 heteroatoms. The van der Waals surface area contributed by atoms with Crippen LogP contribution < -0.4 is 14.8 Å². The fourth-order valence-corrected chi connectivity index (χ4v) is 3.66. The number of hydrogen-bond acceptors (Lipinski definition) is 8. The summed E-state index contributed by atoms with van der Waals surface area (Å²) >= 11 is 0. The number of phenolic OH excluding ortho intramolecular Hbond substituents is 2. The summed E-state index contributed by atoms with van der Waals surface area (Å²) in [7, 11) is -3.91. The molecule has 0 aromatic heterocycles. The number of ether oxygens (including phenoxy) is 1. The fraction of sp³-hybridized carbons (Fsp3) is 0.250. The van der Waals surface area contributed by atoms with Gasteiger partial charge >= 0.3 is 5.97 Å². The third-order valence-electron chi connectivity index (χ3n) is 4.13. The van der Waals surface area contributed by atoms with Crippen LogP contribution in [0.5, 0.6) is 17.2 Å². The summed E-state index contributed by atoms with van der Waals surface area (Å²) < 4.78 is 32.3. The van der Waals surface area contributed by atoms with Gasteiger partial charge in [-0.25, -0.2) is 13.1 Å². The number of aliphatic carboxylic acids is 1. The van der Waals surface area contributed by atoms with Crippen LogP contribution in [0.15, 0.2) is 47.4 Å². The standard InChI is InChI=1S/C20H22N2O9S/c23-12-13(10-19(26)27)22-20(28)15-4-1-2-5-18(15)31-9-3-8-21-32(29,30)14-6-7-16(24)17(25)11-14/h1-2,4-7,11-13,21,24-25H,3,8-10H2,(H,22,28)(H,26,27). The van der Waals surface area contributed by atoms with E-state index in [2.05, 4.69) is 10.0 Å². The first-order chi connectivity index (χ1) is 15.1. The van der Waals surface area contributed by atoms with Gasteiger partial charge in [-0.15, -0.1) is 0 Å². The Morgan fingerprint density at radius 3 is 2.47 bits per heavy atom.